The van der Waals surface area contributed by atoms with Crippen molar-refractivity contribution in [2.24, 2.45) is 11.6 Å². The molecule has 3 nitrogen and oxygen atoms in total. The molecule has 0 saturated heterocycles. The van der Waals surface area contributed by atoms with E-state index in [0.29, 0.717) is 0 Å². The number of aryl methyl sites for hydroxylation is 1. The lowest BCUT2D eigenvalue weighted by Crippen LogP contribution is -2.43. The second-order valence-electron chi connectivity index (χ2n) is 4.27. The Labute approximate surface area is 105 Å². The number of halogens is 1. The van der Waals surface area contributed by atoms with Crippen molar-refractivity contribution in [2.45, 2.75) is 26.3 Å². The van der Waals surface area contributed by atoms with E-state index in [9.17, 15) is 0 Å². The van der Waals surface area contributed by atoms with Crippen molar-refractivity contribution in [1.29, 1.82) is 0 Å². The molecule has 0 unspecified atom stereocenters. The van der Waals surface area contributed by atoms with Gasteiger partial charge in [-0.05, 0) is 44.0 Å². The van der Waals surface area contributed by atoms with Gasteiger partial charge in [0, 0.05) is 16.9 Å². The molecule has 0 aliphatic rings. The smallest absolute Gasteiger partial charge is 0.0749 e. The molecule has 88 valence electrons. The zero-order chi connectivity index (χ0) is 12.3. The molecule has 0 aliphatic carbocycles. The predicted molar refractivity (Wildman–Crippen MR) is 71.3 cm³/mol. The van der Waals surface area contributed by atoms with Crippen molar-refractivity contribution in [2.75, 3.05) is 0 Å². The largest absolute Gasteiger partial charge is 0.403 e. The van der Waals surface area contributed by atoms with Gasteiger partial charge >= 0.3 is 0 Å². The zero-order valence-electron chi connectivity index (χ0n) is 9.87. The average Bonchev–Trinajstić information content (AvgIpc) is 2.17. The van der Waals surface area contributed by atoms with Gasteiger partial charge in [-0.2, -0.15) is 0 Å². The maximum absolute atomic E-state index is 5.96. The summed E-state index contributed by atoms with van der Waals surface area (Å²) >= 11 is 3.45. The highest BCUT2D eigenvalue weighted by atomic mass is 79.9. The summed E-state index contributed by atoms with van der Waals surface area (Å²) in [6.45, 7) is 6.19. The number of hydrazine groups is 1. The molecule has 4 N–H and O–H groups in total. The van der Waals surface area contributed by atoms with E-state index in [-0.39, 0.29) is 5.54 Å². The van der Waals surface area contributed by atoms with Crippen LogP contribution >= 0.6 is 15.9 Å². The first-order valence-corrected chi connectivity index (χ1v) is 5.88. The van der Waals surface area contributed by atoms with Gasteiger partial charge in [-0.15, -0.1) is 0 Å². The van der Waals surface area contributed by atoms with Crippen LogP contribution in [0.3, 0.4) is 0 Å². The van der Waals surface area contributed by atoms with Crippen LogP contribution in [0.2, 0.25) is 0 Å². The fourth-order valence-electron chi connectivity index (χ4n) is 1.73. The van der Waals surface area contributed by atoms with Crippen molar-refractivity contribution in [3.8, 4) is 0 Å². The number of hydrogen-bond donors (Lipinski definition) is 2. The second-order valence-corrected chi connectivity index (χ2v) is 5.18. The monoisotopic (exact) mass is 283 g/mol. The topological polar surface area (TPSA) is 55.3 Å². The van der Waals surface area contributed by atoms with Gasteiger partial charge in [0.1, 0.15) is 0 Å². The van der Waals surface area contributed by atoms with E-state index in [1.54, 1.807) is 11.2 Å². The second kappa shape index (κ2) is 4.89. The van der Waals surface area contributed by atoms with E-state index < -0.39 is 0 Å². The van der Waals surface area contributed by atoms with Crippen LogP contribution in [0.5, 0.6) is 0 Å². The number of benzene rings is 1. The first-order valence-electron chi connectivity index (χ1n) is 5.08. The highest BCUT2D eigenvalue weighted by Gasteiger charge is 2.26. The summed E-state index contributed by atoms with van der Waals surface area (Å²) in [4.78, 5) is 0. The number of rotatable bonds is 3. The molecule has 0 aromatic heterocycles. The van der Waals surface area contributed by atoms with E-state index in [4.69, 9.17) is 11.6 Å². The van der Waals surface area contributed by atoms with Crippen LogP contribution in [0, 0.1) is 6.92 Å². The molecule has 4 heteroatoms. The summed E-state index contributed by atoms with van der Waals surface area (Å²) in [5, 5.41) is 1.61. The number of hydrogen-bond acceptors (Lipinski definition) is 3. The minimum Gasteiger partial charge on any atom is -0.403 e. The van der Waals surface area contributed by atoms with Crippen LogP contribution in [0.1, 0.15) is 25.0 Å². The normalized spacial score (nSPS) is 12.1. The number of nitrogens with zero attached hydrogens (tertiary/aromatic N) is 1. The van der Waals surface area contributed by atoms with Crippen LogP contribution in [0.4, 0.5) is 0 Å². The van der Waals surface area contributed by atoms with Crippen molar-refractivity contribution < 1.29 is 0 Å². The van der Waals surface area contributed by atoms with Gasteiger partial charge in [0.15, 0.2) is 0 Å². The Morgan fingerprint density at radius 2 is 2.00 bits per heavy atom. The predicted octanol–water partition coefficient (Wildman–Crippen LogP) is 2.60. The van der Waals surface area contributed by atoms with E-state index in [0.717, 1.165) is 4.47 Å². The highest BCUT2D eigenvalue weighted by molar-refractivity contribution is 9.10. The standard InChI is InChI=1S/C12H18BrN3/c1-9-8-10(13)4-5-11(9)12(2,3)16(15)7-6-14/h4-8H,14-15H2,1-3H3/b7-6-. The van der Waals surface area contributed by atoms with Gasteiger partial charge in [0.05, 0.1) is 5.54 Å². The molecule has 0 heterocycles. The maximum Gasteiger partial charge on any atom is 0.0749 e. The molecular weight excluding hydrogens is 266 g/mol. The van der Waals surface area contributed by atoms with Gasteiger partial charge in [0.2, 0.25) is 0 Å². The Kier molecular flexibility index (Phi) is 3.99. The highest BCUT2D eigenvalue weighted by Crippen LogP contribution is 2.29. The van der Waals surface area contributed by atoms with Crippen LogP contribution < -0.4 is 11.6 Å². The Morgan fingerprint density at radius 1 is 1.38 bits per heavy atom. The molecule has 1 rings (SSSR count). The molecule has 0 amide bonds. The molecule has 0 aliphatic heterocycles. The summed E-state index contributed by atoms with van der Waals surface area (Å²) in [6.07, 6.45) is 3.11. The van der Waals surface area contributed by atoms with Crippen LogP contribution in [-0.2, 0) is 5.54 Å². The van der Waals surface area contributed by atoms with Crippen LogP contribution in [-0.4, -0.2) is 5.01 Å². The van der Waals surface area contributed by atoms with Gasteiger partial charge in [-0.3, -0.25) is 0 Å². The fourth-order valence-corrected chi connectivity index (χ4v) is 2.21. The van der Waals surface area contributed by atoms with Crippen LogP contribution in [0.15, 0.2) is 35.1 Å². The first kappa shape index (κ1) is 13.1. The summed E-state index contributed by atoms with van der Waals surface area (Å²) in [5.41, 5.74) is 7.44. The third-order valence-corrected chi connectivity index (χ3v) is 3.23. The van der Waals surface area contributed by atoms with Gasteiger partial charge < -0.3 is 10.7 Å². The van der Waals surface area contributed by atoms with E-state index in [2.05, 4.69) is 48.8 Å². The summed E-state index contributed by atoms with van der Waals surface area (Å²) in [5.74, 6) is 5.96. The molecule has 16 heavy (non-hydrogen) atoms. The van der Waals surface area contributed by atoms with E-state index in [1.807, 2.05) is 6.07 Å². The minimum atomic E-state index is -0.291. The van der Waals surface area contributed by atoms with Crippen LogP contribution in [0.25, 0.3) is 0 Å². The Bertz CT molecular complexity index is 399. The molecule has 0 saturated carbocycles. The average molecular weight is 284 g/mol. The minimum absolute atomic E-state index is 0.291. The molecule has 0 atom stereocenters. The Morgan fingerprint density at radius 3 is 2.50 bits per heavy atom. The van der Waals surface area contributed by atoms with Crippen molar-refractivity contribution >= 4 is 15.9 Å². The zero-order valence-corrected chi connectivity index (χ0v) is 11.5. The molecule has 0 fully saturated rings. The van der Waals surface area contributed by atoms with Crippen molar-refractivity contribution in [1.82, 2.24) is 5.01 Å². The van der Waals surface area contributed by atoms with Crippen molar-refractivity contribution in [3.63, 3.8) is 0 Å². The molecule has 1 aromatic carbocycles. The molecular formula is C12H18BrN3. The van der Waals surface area contributed by atoms with E-state index >= 15 is 0 Å². The van der Waals surface area contributed by atoms with Gasteiger partial charge in [-0.25, -0.2) is 5.84 Å². The summed E-state index contributed by atoms with van der Waals surface area (Å²) < 4.78 is 1.07. The summed E-state index contributed by atoms with van der Waals surface area (Å²) in [6, 6.07) is 6.17. The first-order chi connectivity index (χ1) is 7.39. The lowest BCUT2D eigenvalue weighted by atomic mass is 9.90. The summed E-state index contributed by atoms with van der Waals surface area (Å²) in [7, 11) is 0. The molecule has 0 bridgehead atoms. The molecule has 0 spiro atoms. The molecule has 0 radical (unpaired) electrons. The van der Waals surface area contributed by atoms with Gasteiger partial charge in [-0.1, -0.05) is 22.0 Å². The SMILES string of the molecule is Cc1cc(Br)ccc1C(C)(C)N(N)/C=C\N. The fraction of sp³-hybridized carbons (Fsp3) is 0.333. The molecule has 1 aromatic rings. The third kappa shape index (κ3) is 2.57. The maximum atomic E-state index is 5.96. The Hall–Kier alpha value is -1.00. The Balaban J connectivity index is 3.15. The quantitative estimate of drug-likeness (QED) is 0.662. The third-order valence-electron chi connectivity index (χ3n) is 2.74. The lowest BCUT2D eigenvalue weighted by molar-refractivity contribution is 0.188. The van der Waals surface area contributed by atoms with E-state index in [1.165, 1.54) is 17.3 Å². The van der Waals surface area contributed by atoms with Crippen molar-refractivity contribution in [3.05, 3.63) is 46.2 Å². The number of nitrogens with two attached hydrogens (primary N) is 2. The van der Waals surface area contributed by atoms with Gasteiger partial charge in [0.25, 0.3) is 0 Å². The lowest BCUT2D eigenvalue weighted by Gasteiger charge is -2.35.